The van der Waals surface area contributed by atoms with Gasteiger partial charge in [0.1, 0.15) is 0 Å². The van der Waals surface area contributed by atoms with Crippen LogP contribution in [-0.4, -0.2) is 35.1 Å². The van der Waals surface area contributed by atoms with Crippen LogP contribution in [0.1, 0.15) is 23.7 Å². The Labute approximate surface area is 107 Å². The van der Waals surface area contributed by atoms with E-state index in [9.17, 15) is 9.90 Å². The summed E-state index contributed by atoms with van der Waals surface area (Å²) in [5.74, 6) is 5.50. The molecule has 1 fully saturated rings. The van der Waals surface area contributed by atoms with E-state index in [1.165, 1.54) is 0 Å². The third-order valence-corrected chi connectivity index (χ3v) is 3.50. The van der Waals surface area contributed by atoms with Gasteiger partial charge in [-0.3, -0.25) is 10.6 Å². The average Bonchev–Trinajstić information content (AvgIpc) is 2.41. The number of amides is 1. The van der Waals surface area contributed by atoms with Crippen LogP contribution in [0.3, 0.4) is 0 Å². The van der Waals surface area contributed by atoms with Gasteiger partial charge in [0, 0.05) is 24.3 Å². The molecule has 2 rings (SSSR count). The Morgan fingerprint density at radius 1 is 1.44 bits per heavy atom. The highest BCUT2D eigenvalue weighted by Gasteiger charge is 2.27. The molecule has 1 amide bonds. The Bertz CT molecular complexity index is 419. The number of nitrogens with two attached hydrogens (primary N) is 1. The molecule has 1 aromatic carbocycles. The van der Waals surface area contributed by atoms with Crippen molar-refractivity contribution in [2.45, 2.75) is 19.4 Å². The van der Waals surface area contributed by atoms with Gasteiger partial charge in [-0.15, -0.1) is 0 Å². The first-order chi connectivity index (χ1) is 8.61. The molecular weight excluding hydrogens is 230 g/mol. The highest BCUT2D eigenvalue weighted by atomic mass is 16.3. The number of β-amino-alcohol motifs (C(OH)–C–C–N with tert-alkyl or cyclic N) is 1. The second-order valence-corrected chi connectivity index (χ2v) is 4.81. The summed E-state index contributed by atoms with van der Waals surface area (Å²) in [7, 11) is 0. The van der Waals surface area contributed by atoms with E-state index < -0.39 is 6.10 Å². The Morgan fingerprint density at radius 2 is 2.11 bits per heavy atom. The van der Waals surface area contributed by atoms with Crippen LogP contribution in [0.4, 0.5) is 5.69 Å². The highest BCUT2D eigenvalue weighted by Crippen LogP contribution is 2.19. The minimum Gasteiger partial charge on any atom is -0.391 e. The number of nitrogens with one attached hydrogen (secondary N) is 1. The van der Waals surface area contributed by atoms with Gasteiger partial charge in [0.15, 0.2) is 0 Å². The van der Waals surface area contributed by atoms with Crippen LogP contribution in [-0.2, 0) is 0 Å². The van der Waals surface area contributed by atoms with Gasteiger partial charge in [-0.1, -0.05) is 6.92 Å². The number of hydrazine groups is 1. The van der Waals surface area contributed by atoms with E-state index in [0.29, 0.717) is 18.7 Å². The smallest absolute Gasteiger partial charge is 0.253 e. The first-order valence-corrected chi connectivity index (χ1v) is 6.16. The largest absolute Gasteiger partial charge is 0.391 e. The summed E-state index contributed by atoms with van der Waals surface area (Å²) in [5, 5.41) is 9.81. The van der Waals surface area contributed by atoms with Gasteiger partial charge >= 0.3 is 0 Å². The van der Waals surface area contributed by atoms with Crippen LogP contribution in [0.15, 0.2) is 24.3 Å². The zero-order valence-corrected chi connectivity index (χ0v) is 10.5. The number of aliphatic hydroxyl groups is 1. The first-order valence-electron chi connectivity index (χ1n) is 6.16. The van der Waals surface area contributed by atoms with Crippen molar-refractivity contribution >= 4 is 11.6 Å². The van der Waals surface area contributed by atoms with Crippen molar-refractivity contribution in [3.63, 3.8) is 0 Å². The number of likely N-dealkylation sites (tertiary alicyclic amines) is 1. The number of hydrogen-bond acceptors (Lipinski definition) is 4. The van der Waals surface area contributed by atoms with Crippen LogP contribution < -0.4 is 11.3 Å². The van der Waals surface area contributed by atoms with Gasteiger partial charge in [0.2, 0.25) is 0 Å². The summed E-state index contributed by atoms with van der Waals surface area (Å²) in [4.78, 5) is 13.9. The number of anilines is 1. The molecular formula is C13H19N3O2. The Balaban J connectivity index is 2.06. The molecule has 0 spiro atoms. The molecule has 98 valence electrons. The third-order valence-electron chi connectivity index (χ3n) is 3.50. The van der Waals surface area contributed by atoms with Crippen molar-refractivity contribution in [2.75, 3.05) is 18.5 Å². The van der Waals surface area contributed by atoms with Crippen LogP contribution >= 0.6 is 0 Å². The molecule has 0 aliphatic carbocycles. The minimum absolute atomic E-state index is 0.0375. The van der Waals surface area contributed by atoms with Crippen LogP contribution in [0.25, 0.3) is 0 Å². The first kappa shape index (κ1) is 12.9. The topological polar surface area (TPSA) is 78.6 Å². The monoisotopic (exact) mass is 249 g/mol. The van der Waals surface area contributed by atoms with E-state index in [1.807, 2.05) is 6.92 Å². The molecule has 0 bridgehead atoms. The lowest BCUT2D eigenvalue weighted by atomic mass is 9.95. The molecule has 5 heteroatoms. The summed E-state index contributed by atoms with van der Waals surface area (Å²) < 4.78 is 0. The SMILES string of the molecule is CC1CCN(C(=O)c2ccc(NN)cc2)CC1O. The van der Waals surface area contributed by atoms with E-state index >= 15 is 0 Å². The lowest BCUT2D eigenvalue weighted by Gasteiger charge is -2.34. The summed E-state index contributed by atoms with van der Waals surface area (Å²) >= 11 is 0. The molecule has 2 unspecified atom stereocenters. The van der Waals surface area contributed by atoms with Gasteiger partial charge < -0.3 is 15.4 Å². The fourth-order valence-electron chi connectivity index (χ4n) is 2.12. The van der Waals surface area contributed by atoms with Crippen molar-refractivity contribution in [1.29, 1.82) is 0 Å². The molecule has 1 aromatic rings. The Kier molecular flexibility index (Phi) is 3.84. The van der Waals surface area contributed by atoms with Crippen molar-refractivity contribution in [1.82, 2.24) is 4.90 Å². The maximum absolute atomic E-state index is 12.2. The molecule has 0 radical (unpaired) electrons. The molecule has 2 atom stereocenters. The maximum atomic E-state index is 12.2. The van der Waals surface area contributed by atoms with Crippen molar-refractivity contribution in [2.24, 2.45) is 11.8 Å². The Hall–Kier alpha value is -1.59. The van der Waals surface area contributed by atoms with Gasteiger partial charge in [0.25, 0.3) is 5.91 Å². The zero-order valence-electron chi connectivity index (χ0n) is 10.5. The van der Waals surface area contributed by atoms with Gasteiger partial charge in [-0.25, -0.2) is 0 Å². The molecule has 4 N–H and O–H groups in total. The number of benzene rings is 1. The summed E-state index contributed by atoms with van der Waals surface area (Å²) in [6.07, 6.45) is 0.419. The second-order valence-electron chi connectivity index (χ2n) is 4.81. The van der Waals surface area contributed by atoms with E-state index in [4.69, 9.17) is 5.84 Å². The van der Waals surface area contributed by atoms with E-state index in [1.54, 1.807) is 29.2 Å². The molecule has 1 aliphatic rings. The number of piperidine rings is 1. The summed E-state index contributed by atoms with van der Waals surface area (Å²) in [6.45, 7) is 3.12. The fraction of sp³-hybridized carbons (Fsp3) is 0.462. The average molecular weight is 249 g/mol. The van der Waals surface area contributed by atoms with Gasteiger partial charge in [0.05, 0.1) is 6.10 Å². The number of carbonyl (C=O) groups is 1. The minimum atomic E-state index is -0.423. The molecule has 5 nitrogen and oxygen atoms in total. The fourth-order valence-corrected chi connectivity index (χ4v) is 2.12. The molecule has 18 heavy (non-hydrogen) atoms. The second kappa shape index (κ2) is 5.37. The lowest BCUT2D eigenvalue weighted by molar-refractivity contribution is 0.0248. The van der Waals surface area contributed by atoms with Gasteiger partial charge in [-0.05, 0) is 36.6 Å². The van der Waals surface area contributed by atoms with Crippen LogP contribution in [0.2, 0.25) is 0 Å². The normalized spacial score (nSPS) is 23.8. The highest BCUT2D eigenvalue weighted by molar-refractivity contribution is 5.94. The van der Waals surface area contributed by atoms with Crippen molar-refractivity contribution < 1.29 is 9.90 Å². The summed E-state index contributed by atoms with van der Waals surface area (Å²) in [6, 6.07) is 7.00. The maximum Gasteiger partial charge on any atom is 0.253 e. The van der Waals surface area contributed by atoms with E-state index in [-0.39, 0.29) is 11.8 Å². The van der Waals surface area contributed by atoms with Gasteiger partial charge in [-0.2, -0.15) is 0 Å². The molecule has 1 aliphatic heterocycles. The predicted octanol–water partition coefficient (Wildman–Crippen LogP) is 0.815. The number of aliphatic hydroxyl groups excluding tert-OH is 1. The lowest BCUT2D eigenvalue weighted by Crippen LogP contribution is -2.45. The number of nitrogen functional groups attached to an aromatic ring is 1. The van der Waals surface area contributed by atoms with Crippen LogP contribution in [0.5, 0.6) is 0 Å². The standard InChI is InChI=1S/C13H19N3O2/c1-9-6-7-16(8-12(9)17)13(18)10-2-4-11(15-14)5-3-10/h2-5,9,12,15,17H,6-8,14H2,1H3. The van der Waals surface area contributed by atoms with Crippen molar-refractivity contribution in [3.8, 4) is 0 Å². The summed E-state index contributed by atoms with van der Waals surface area (Å²) in [5.41, 5.74) is 3.90. The predicted molar refractivity (Wildman–Crippen MR) is 69.9 cm³/mol. The number of nitrogens with zero attached hydrogens (tertiary/aromatic N) is 1. The third kappa shape index (κ3) is 2.63. The van der Waals surface area contributed by atoms with Crippen LogP contribution in [0, 0.1) is 5.92 Å². The quantitative estimate of drug-likeness (QED) is 0.535. The van der Waals surface area contributed by atoms with Crippen molar-refractivity contribution in [3.05, 3.63) is 29.8 Å². The number of hydrogen-bond donors (Lipinski definition) is 3. The number of carbonyl (C=O) groups excluding carboxylic acids is 1. The molecule has 0 aromatic heterocycles. The van der Waals surface area contributed by atoms with E-state index in [0.717, 1.165) is 12.1 Å². The molecule has 1 heterocycles. The molecule has 0 saturated carbocycles. The van der Waals surface area contributed by atoms with E-state index in [2.05, 4.69) is 5.43 Å². The zero-order chi connectivity index (χ0) is 13.1. The number of rotatable bonds is 2. The molecule has 1 saturated heterocycles. The Morgan fingerprint density at radius 3 is 2.67 bits per heavy atom.